The van der Waals surface area contributed by atoms with Gasteiger partial charge in [0.1, 0.15) is 5.82 Å². The molecule has 0 aliphatic heterocycles. The zero-order valence-corrected chi connectivity index (χ0v) is 12.0. The smallest absolute Gasteiger partial charge is 0.108 e. The number of nitrogens with zero attached hydrogens (tertiary/aromatic N) is 2. The van der Waals surface area contributed by atoms with E-state index in [1.807, 2.05) is 6.20 Å². The Morgan fingerprint density at radius 3 is 2.83 bits per heavy atom. The molecule has 1 aliphatic rings. The lowest BCUT2D eigenvalue weighted by Crippen LogP contribution is -2.29. The third-order valence-electron chi connectivity index (χ3n) is 4.14. The summed E-state index contributed by atoms with van der Waals surface area (Å²) in [6, 6.07) is 0. The van der Waals surface area contributed by atoms with Gasteiger partial charge in [-0.25, -0.2) is 4.98 Å². The summed E-state index contributed by atoms with van der Waals surface area (Å²) in [7, 11) is 2.10. The highest BCUT2D eigenvalue weighted by Crippen LogP contribution is 2.33. The highest BCUT2D eigenvalue weighted by atomic mass is 15.0. The van der Waals surface area contributed by atoms with Gasteiger partial charge in [0.15, 0.2) is 0 Å². The molecular formula is C15H27N3. The maximum atomic E-state index is 4.46. The molecule has 0 saturated heterocycles. The van der Waals surface area contributed by atoms with E-state index in [-0.39, 0.29) is 0 Å². The van der Waals surface area contributed by atoms with E-state index in [9.17, 15) is 0 Å². The van der Waals surface area contributed by atoms with Crippen molar-refractivity contribution in [3.05, 3.63) is 18.2 Å². The second-order valence-electron chi connectivity index (χ2n) is 6.16. The first-order valence-corrected chi connectivity index (χ1v) is 7.33. The van der Waals surface area contributed by atoms with Gasteiger partial charge in [0.25, 0.3) is 0 Å². The molecular weight excluding hydrogens is 222 g/mol. The van der Waals surface area contributed by atoms with Crippen LogP contribution in [0.4, 0.5) is 0 Å². The van der Waals surface area contributed by atoms with Crippen LogP contribution in [0.1, 0.15) is 38.9 Å². The number of aryl methyl sites for hydroxylation is 1. The monoisotopic (exact) mass is 249 g/mol. The van der Waals surface area contributed by atoms with Crippen molar-refractivity contribution in [1.29, 1.82) is 0 Å². The molecule has 1 heterocycles. The first kappa shape index (κ1) is 13.6. The van der Waals surface area contributed by atoms with Crippen molar-refractivity contribution in [2.45, 2.75) is 39.5 Å². The zero-order valence-electron chi connectivity index (χ0n) is 12.0. The molecule has 102 valence electrons. The van der Waals surface area contributed by atoms with Crippen molar-refractivity contribution in [2.75, 3.05) is 13.1 Å². The Morgan fingerprint density at radius 1 is 1.39 bits per heavy atom. The van der Waals surface area contributed by atoms with Crippen LogP contribution in [0.25, 0.3) is 0 Å². The normalized spacial score (nSPS) is 24.0. The first-order valence-electron chi connectivity index (χ1n) is 7.33. The number of nitrogens with one attached hydrogen (secondary N) is 1. The zero-order chi connectivity index (χ0) is 13.0. The Bertz CT molecular complexity index is 356. The number of hydrogen-bond acceptors (Lipinski definition) is 2. The molecule has 2 unspecified atom stereocenters. The van der Waals surface area contributed by atoms with E-state index in [2.05, 4.69) is 42.0 Å². The van der Waals surface area contributed by atoms with Gasteiger partial charge >= 0.3 is 0 Å². The van der Waals surface area contributed by atoms with Crippen molar-refractivity contribution in [3.8, 4) is 0 Å². The Hall–Kier alpha value is -0.830. The van der Waals surface area contributed by atoms with Crippen LogP contribution < -0.4 is 5.32 Å². The molecule has 2 rings (SSSR count). The third kappa shape index (κ3) is 3.58. The minimum absolute atomic E-state index is 0.749. The minimum Gasteiger partial charge on any atom is -0.338 e. The van der Waals surface area contributed by atoms with Gasteiger partial charge in [0.2, 0.25) is 0 Å². The Morgan fingerprint density at radius 2 is 2.17 bits per heavy atom. The van der Waals surface area contributed by atoms with E-state index in [0.29, 0.717) is 0 Å². The summed E-state index contributed by atoms with van der Waals surface area (Å²) in [6.45, 7) is 6.87. The molecule has 1 aromatic heterocycles. The molecule has 3 heteroatoms. The van der Waals surface area contributed by atoms with E-state index in [0.717, 1.165) is 30.7 Å². The molecule has 0 spiro atoms. The van der Waals surface area contributed by atoms with Crippen LogP contribution in [0, 0.1) is 17.8 Å². The van der Waals surface area contributed by atoms with Gasteiger partial charge in [-0.3, -0.25) is 0 Å². The van der Waals surface area contributed by atoms with E-state index in [1.54, 1.807) is 0 Å². The molecule has 1 saturated carbocycles. The van der Waals surface area contributed by atoms with Gasteiger partial charge in [-0.1, -0.05) is 20.3 Å². The van der Waals surface area contributed by atoms with Crippen LogP contribution >= 0.6 is 0 Å². The summed E-state index contributed by atoms with van der Waals surface area (Å²) in [6.07, 6.45) is 9.27. The number of imidazole rings is 1. The van der Waals surface area contributed by atoms with Crippen molar-refractivity contribution >= 4 is 0 Å². The van der Waals surface area contributed by atoms with Crippen LogP contribution in [-0.2, 0) is 13.5 Å². The molecule has 0 aromatic carbocycles. The fourth-order valence-corrected chi connectivity index (χ4v) is 3.04. The fraction of sp³-hybridized carbons (Fsp3) is 0.800. The second-order valence-corrected chi connectivity index (χ2v) is 6.16. The van der Waals surface area contributed by atoms with Crippen LogP contribution in [0.2, 0.25) is 0 Å². The van der Waals surface area contributed by atoms with E-state index in [4.69, 9.17) is 0 Å². The van der Waals surface area contributed by atoms with Gasteiger partial charge in [-0.05, 0) is 43.7 Å². The van der Waals surface area contributed by atoms with Gasteiger partial charge in [-0.2, -0.15) is 0 Å². The molecule has 1 fully saturated rings. The van der Waals surface area contributed by atoms with Gasteiger partial charge in [0.05, 0.1) is 0 Å². The lowest BCUT2D eigenvalue weighted by molar-refractivity contribution is 0.350. The van der Waals surface area contributed by atoms with Crippen molar-refractivity contribution in [1.82, 2.24) is 14.9 Å². The SMILES string of the molecule is CC(C)CNCC1CCCC1Cc1nccn1C. The van der Waals surface area contributed by atoms with Gasteiger partial charge in [0, 0.05) is 25.9 Å². The number of aromatic nitrogens is 2. The Kier molecular flexibility index (Phi) is 4.81. The van der Waals surface area contributed by atoms with Crippen molar-refractivity contribution in [3.63, 3.8) is 0 Å². The van der Waals surface area contributed by atoms with E-state index in [1.165, 1.54) is 31.6 Å². The topological polar surface area (TPSA) is 29.9 Å². The predicted octanol–water partition coefficient (Wildman–Crippen LogP) is 2.62. The summed E-state index contributed by atoms with van der Waals surface area (Å²) in [5.41, 5.74) is 0. The molecule has 0 bridgehead atoms. The third-order valence-corrected chi connectivity index (χ3v) is 4.14. The van der Waals surface area contributed by atoms with Crippen LogP contribution in [0.5, 0.6) is 0 Å². The fourth-order valence-electron chi connectivity index (χ4n) is 3.04. The summed E-state index contributed by atoms with van der Waals surface area (Å²) in [4.78, 5) is 4.46. The van der Waals surface area contributed by atoms with Gasteiger partial charge < -0.3 is 9.88 Å². The maximum Gasteiger partial charge on any atom is 0.108 e. The van der Waals surface area contributed by atoms with Crippen molar-refractivity contribution < 1.29 is 0 Å². The summed E-state index contributed by atoms with van der Waals surface area (Å²) in [5.74, 6) is 3.67. The molecule has 18 heavy (non-hydrogen) atoms. The summed E-state index contributed by atoms with van der Waals surface area (Å²) in [5, 5.41) is 3.62. The van der Waals surface area contributed by atoms with Crippen LogP contribution in [0.3, 0.4) is 0 Å². The molecule has 3 nitrogen and oxygen atoms in total. The maximum absolute atomic E-state index is 4.46. The lowest BCUT2D eigenvalue weighted by Gasteiger charge is -2.20. The average molecular weight is 249 g/mol. The molecule has 2 atom stereocenters. The summed E-state index contributed by atoms with van der Waals surface area (Å²) < 4.78 is 2.16. The Labute approximate surface area is 111 Å². The second kappa shape index (κ2) is 6.37. The van der Waals surface area contributed by atoms with Gasteiger partial charge in [-0.15, -0.1) is 0 Å². The number of hydrogen-bond donors (Lipinski definition) is 1. The predicted molar refractivity (Wildman–Crippen MR) is 75.5 cm³/mol. The van der Waals surface area contributed by atoms with E-state index >= 15 is 0 Å². The largest absolute Gasteiger partial charge is 0.338 e. The quantitative estimate of drug-likeness (QED) is 0.840. The minimum atomic E-state index is 0.749. The lowest BCUT2D eigenvalue weighted by atomic mass is 9.92. The molecule has 1 N–H and O–H groups in total. The van der Waals surface area contributed by atoms with Crippen LogP contribution in [0.15, 0.2) is 12.4 Å². The highest BCUT2D eigenvalue weighted by Gasteiger charge is 2.27. The number of rotatable bonds is 6. The Balaban J connectivity index is 1.82. The van der Waals surface area contributed by atoms with E-state index < -0.39 is 0 Å². The first-order chi connectivity index (χ1) is 8.66. The molecule has 1 aliphatic carbocycles. The molecule has 0 radical (unpaired) electrons. The average Bonchev–Trinajstić information content (AvgIpc) is 2.90. The molecule has 1 aromatic rings. The van der Waals surface area contributed by atoms with Crippen molar-refractivity contribution in [2.24, 2.45) is 24.8 Å². The highest BCUT2D eigenvalue weighted by molar-refractivity contribution is 4.95. The summed E-state index contributed by atoms with van der Waals surface area (Å²) >= 11 is 0. The van der Waals surface area contributed by atoms with Crippen LogP contribution in [-0.4, -0.2) is 22.6 Å². The standard InChI is InChI=1S/C15H27N3/c1-12(2)10-16-11-14-6-4-5-13(14)9-15-17-7-8-18(15)3/h7-8,12-14,16H,4-6,9-11H2,1-3H3. The molecule has 0 amide bonds.